The summed E-state index contributed by atoms with van der Waals surface area (Å²) in [6.45, 7) is 6.08. The zero-order valence-corrected chi connectivity index (χ0v) is 13.2. The molecule has 0 aromatic heterocycles. The normalized spacial score (nSPS) is 30.0. The van der Waals surface area contributed by atoms with Gasteiger partial charge in [-0.05, 0) is 30.4 Å². The van der Waals surface area contributed by atoms with Gasteiger partial charge in [-0.15, -0.1) is 0 Å². The first-order valence-electron chi connectivity index (χ1n) is 8.25. The molecule has 4 rings (SSSR count). The van der Waals surface area contributed by atoms with E-state index in [0.717, 1.165) is 18.6 Å². The Balaban J connectivity index is 1.63. The minimum absolute atomic E-state index is 0.0177. The number of fused-ring (bicyclic) bond motifs is 2. The lowest BCUT2D eigenvalue weighted by Gasteiger charge is -2.37. The fourth-order valence-electron chi connectivity index (χ4n) is 3.96. The molecule has 3 aliphatic rings. The van der Waals surface area contributed by atoms with E-state index in [4.69, 9.17) is 4.74 Å². The van der Waals surface area contributed by atoms with Crippen LogP contribution in [-0.2, 0) is 10.2 Å². The molecule has 4 heteroatoms. The third-order valence-corrected chi connectivity index (χ3v) is 5.56. The number of β-amino-alcohol motifs (C(OH)–C–C–N with tert-alkyl or cyclic N) is 1. The van der Waals surface area contributed by atoms with E-state index in [9.17, 15) is 9.90 Å². The lowest BCUT2D eigenvalue weighted by molar-refractivity contribution is -0.143. The summed E-state index contributed by atoms with van der Waals surface area (Å²) < 4.78 is 5.81. The minimum atomic E-state index is -0.326. The number of nitrogens with zero attached hydrogens (tertiary/aromatic N) is 1. The molecule has 1 saturated carbocycles. The van der Waals surface area contributed by atoms with E-state index in [1.807, 2.05) is 0 Å². The van der Waals surface area contributed by atoms with Crippen LogP contribution in [0.25, 0.3) is 0 Å². The number of benzene rings is 1. The van der Waals surface area contributed by atoms with Gasteiger partial charge in [0.25, 0.3) is 0 Å². The fourth-order valence-corrected chi connectivity index (χ4v) is 3.96. The van der Waals surface area contributed by atoms with Crippen molar-refractivity contribution in [2.24, 2.45) is 5.92 Å². The highest BCUT2D eigenvalue weighted by atomic mass is 16.5. The van der Waals surface area contributed by atoms with Gasteiger partial charge in [0.15, 0.2) is 0 Å². The first kappa shape index (κ1) is 14.1. The summed E-state index contributed by atoms with van der Waals surface area (Å²) in [6.07, 6.45) is 1.53. The average Bonchev–Trinajstić information content (AvgIpc) is 3.18. The maximum atomic E-state index is 12.6. The van der Waals surface area contributed by atoms with Gasteiger partial charge in [0.1, 0.15) is 5.75 Å². The van der Waals surface area contributed by atoms with Crippen molar-refractivity contribution in [3.8, 4) is 5.75 Å². The van der Waals surface area contributed by atoms with Gasteiger partial charge >= 0.3 is 0 Å². The number of ether oxygens (including phenoxy) is 1. The zero-order chi connectivity index (χ0) is 15.5. The van der Waals surface area contributed by atoms with Crippen LogP contribution >= 0.6 is 0 Å². The Labute approximate surface area is 131 Å². The third kappa shape index (κ3) is 1.97. The highest BCUT2D eigenvalue weighted by molar-refractivity contribution is 5.85. The van der Waals surface area contributed by atoms with E-state index in [0.29, 0.717) is 25.6 Å². The first-order chi connectivity index (χ1) is 10.5. The summed E-state index contributed by atoms with van der Waals surface area (Å²) >= 11 is 0. The van der Waals surface area contributed by atoms with E-state index in [2.05, 4.69) is 32.0 Å². The standard InChI is InChI=1S/C18H23NO3/c1-11(2)12-3-4-16-14(7-12)18(5-6-22-16)8-15(18)17(21)19-9-13(20)10-19/h3-4,7,11,13,15,20H,5-6,8-10H2,1-2H3/t15-,18-/m0/s1. The van der Waals surface area contributed by atoms with Crippen molar-refractivity contribution >= 4 is 5.91 Å². The van der Waals surface area contributed by atoms with Crippen LogP contribution in [0.1, 0.15) is 43.7 Å². The molecule has 1 N–H and O–H groups in total. The predicted molar refractivity (Wildman–Crippen MR) is 83.0 cm³/mol. The number of amides is 1. The molecule has 1 aliphatic carbocycles. The third-order valence-electron chi connectivity index (χ3n) is 5.56. The summed E-state index contributed by atoms with van der Waals surface area (Å²) in [4.78, 5) is 14.4. The summed E-state index contributed by atoms with van der Waals surface area (Å²) in [5, 5.41) is 9.41. The molecule has 1 spiro atoms. The molecule has 1 amide bonds. The second-order valence-electron chi connectivity index (χ2n) is 7.32. The largest absolute Gasteiger partial charge is 0.493 e. The molecule has 22 heavy (non-hydrogen) atoms. The van der Waals surface area contributed by atoms with Crippen LogP contribution in [0.3, 0.4) is 0 Å². The first-order valence-corrected chi connectivity index (χ1v) is 8.25. The van der Waals surface area contributed by atoms with E-state index >= 15 is 0 Å². The number of carbonyl (C=O) groups is 1. The van der Waals surface area contributed by atoms with Gasteiger partial charge in [-0.3, -0.25) is 4.79 Å². The molecule has 0 radical (unpaired) electrons. The van der Waals surface area contributed by atoms with Gasteiger partial charge in [-0.2, -0.15) is 0 Å². The van der Waals surface area contributed by atoms with Crippen molar-refractivity contribution in [3.63, 3.8) is 0 Å². The van der Waals surface area contributed by atoms with Gasteiger partial charge in [0.05, 0.1) is 12.7 Å². The van der Waals surface area contributed by atoms with Crippen LogP contribution in [0.4, 0.5) is 0 Å². The van der Waals surface area contributed by atoms with Crippen molar-refractivity contribution in [2.45, 2.75) is 44.1 Å². The zero-order valence-electron chi connectivity index (χ0n) is 13.2. The minimum Gasteiger partial charge on any atom is -0.493 e. The van der Waals surface area contributed by atoms with Crippen LogP contribution < -0.4 is 4.74 Å². The molecule has 2 heterocycles. The highest BCUT2D eigenvalue weighted by Crippen LogP contribution is 2.61. The Bertz CT molecular complexity index is 621. The number of aliphatic hydroxyl groups is 1. The van der Waals surface area contributed by atoms with E-state index < -0.39 is 0 Å². The summed E-state index contributed by atoms with van der Waals surface area (Å²) in [6, 6.07) is 6.45. The second kappa shape index (κ2) is 4.72. The number of rotatable bonds is 2. The van der Waals surface area contributed by atoms with E-state index in [1.165, 1.54) is 11.1 Å². The van der Waals surface area contributed by atoms with Gasteiger partial charge in [-0.1, -0.05) is 26.0 Å². The Morgan fingerprint density at radius 2 is 2.18 bits per heavy atom. The highest BCUT2D eigenvalue weighted by Gasteiger charge is 2.62. The number of hydrogen-bond acceptors (Lipinski definition) is 3. The van der Waals surface area contributed by atoms with Crippen molar-refractivity contribution in [3.05, 3.63) is 29.3 Å². The van der Waals surface area contributed by atoms with Crippen LogP contribution in [0.2, 0.25) is 0 Å². The molecule has 0 bridgehead atoms. The molecule has 1 saturated heterocycles. The summed E-state index contributed by atoms with van der Waals surface area (Å²) in [7, 11) is 0. The maximum Gasteiger partial charge on any atom is 0.226 e. The quantitative estimate of drug-likeness (QED) is 0.909. The van der Waals surface area contributed by atoms with Crippen LogP contribution in [0.5, 0.6) is 5.75 Å². The monoisotopic (exact) mass is 301 g/mol. The van der Waals surface area contributed by atoms with Crippen LogP contribution in [0.15, 0.2) is 18.2 Å². The molecule has 118 valence electrons. The molecule has 2 fully saturated rings. The molecule has 1 aromatic carbocycles. The number of likely N-dealkylation sites (tertiary alicyclic amines) is 1. The summed E-state index contributed by atoms with van der Waals surface area (Å²) in [5.41, 5.74) is 2.52. The SMILES string of the molecule is CC(C)c1ccc2c(c1)[C@]1(CCO2)C[C@H]1C(=O)N1CC(O)C1. The Morgan fingerprint density at radius 1 is 1.41 bits per heavy atom. The van der Waals surface area contributed by atoms with Gasteiger partial charge < -0.3 is 14.7 Å². The average molecular weight is 301 g/mol. The molecule has 4 nitrogen and oxygen atoms in total. The van der Waals surface area contributed by atoms with Crippen molar-refractivity contribution in [1.82, 2.24) is 4.90 Å². The van der Waals surface area contributed by atoms with Gasteiger partial charge in [0, 0.05) is 30.0 Å². The van der Waals surface area contributed by atoms with Gasteiger partial charge in [-0.25, -0.2) is 0 Å². The molecule has 0 unspecified atom stereocenters. The number of carbonyl (C=O) groups excluding carboxylic acids is 1. The summed E-state index contributed by atoms with van der Waals surface area (Å²) in [5.74, 6) is 1.72. The molecular formula is C18H23NO3. The van der Waals surface area contributed by atoms with E-state index in [-0.39, 0.29) is 23.3 Å². The Hall–Kier alpha value is -1.55. The lowest BCUT2D eigenvalue weighted by atomic mass is 9.84. The number of hydrogen-bond donors (Lipinski definition) is 1. The lowest BCUT2D eigenvalue weighted by Crippen LogP contribution is -2.54. The second-order valence-corrected chi connectivity index (χ2v) is 7.32. The number of aliphatic hydroxyl groups excluding tert-OH is 1. The predicted octanol–water partition coefficient (Wildman–Crippen LogP) is 2.05. The van der Waals surface area contributed by atoms with Crippen molar-refractivity contribution in [1.29, 1.82) is 0 Å². The Kier molecular flexibility index (Phi) is 3.02. The molecule has 1 aromatic rings. The molecule has 2 atom stereocenters. The van der Waals surface area contributed by atoms with Crippen molar-refractivity contribution < 1.29 is 14.6 Å². The fraction of sp³-hybridized carbons (Fsp3) is 0.611. The van der Waals surface area contributed by atoms with E-state index in [1.54, 1.807) is 4.90 Å². The van der Waals surface area contributed by atoms with Crippen LogP contribution in [0, 0.1) is 5.92 Å². The Morgan fingerprint density at radius 3 is 2.86 bits per heavy atom. The van der Waals surface area contributed by atoms with Gasteiger partial charge in [0.2, 0.25) is 5.91 Å². The molecular weight excluding hydrogens is 278 g/mol. The van der Waals surface area contributed by atoms with Crippen LogP contribution in [-0.4, -0.2) is 41.7 Å². The van der Waals surface area contributed by atoms with Crippen molar-refractivity contribution in [2.75, 3.05) is 19.7 Å². The molecule has 2 aliphatic heterocycles. The maximum absolute atomic E-state index is 12.6. The topological polar surface area (TPSA) is 49.8 Å². The smallest absolute Gasteiger partial charge is 0.226 e.